The zero-order valence-electron chi connectivity index (χ0n) is 15.1. The highest BCUT2D eigenvalue weighted by Crippen LogP contribution is 2.66. The second-order valence-electron chi connectivity index (χ2n) is 6.17. The number of alkyl halides is 1. The molecule has 0 radical (unpaired) electrons. The van der Waals surface area contributed by atoms with E-state index in [9.17, 15) is 37.3 Å². The monoisotopic (exact) mass is 517 g/mol. The van der Waals surface area contributed by atoms with Gasteiger partial charge in [-0.25, -0.2) is 27.3 Å². The highest BCUT2D eigenvalue weighted by molar-refractivity contribution is 7.66. The summed E-state index contributed by atoms with van der Waals surface area (Å²) in [5.41, 5.74) is 1.05. The van der Waals surface area contributed by atoms with Crippen LogP contribution in [-0.4, -0.2) is 58.7 Å². The van der Waals surface area contributed by atoms with Gasteiger partial charge in [0.05, 0.1) is 12.8 Å². The predicted octanol–water partition coefficient (Wildman–Crippen LogP) is -0.706. The van der Waals surface area contributed by atoms with Crippen LogP contribution in [0.4, 0.5) is 14.6 Å². The summed E-state index contributed by atoms with van der Waals surface area (Å²) in [6, 6.07) is 0. The highest BCUT2D eigenvalue weighted by atomic mass is 31.3. The molecule has 6 atom stereocenters. The maximum atomic E-state index is 15.0. The van der Waals surface area contributed by atoms with Crippen LogP contribution in [0.1, 0.15) is 13.2 Å². The average Bonchev–Trinajstić information content (AvgIpc) is 2.76. The van der Waals surface area contributed by atoms with Crippen LogP contribution < -0.4 is 11.4 Å². The summed E-state index contributed by atoms with van der Waals surface area (Å²) in [6.07, 6.45) is -5.54. The number of ether oxygens (including phenoxy) is 1. The second-order valence-corrected chi connectivity index (χ2v) is 10.6. The zero-order chi connectivity index (χ0) is 24.0. The van der Waals surface area contributed by atoms with Crippen LogP contribution in [0.3, 0.4) is 0 Å². The lowest BCUT2D eigenvalue weighted by molar-refractivity contribution is -0.0608. The van der Waals surface area contributed by atoms with E-state index in [4.69, 9.17) is 25.2 Å². The summed E-state index contributed by atoms with van der Waals surface area (Å²) < 4.78 is 78.7. The molecule has 1 aromatic rings. The summed E-state index contributed by atoms with van der Waals surface area (Å²) in [5.74, 6) is -2.00. The van der Waals surface area contributed by atoms with Gasteiger partial charge in [0.2, 0.25) is 0 Å². The first-order valence-electron chi connectivity index (χ1n) is 7.69. The number of anilines is 1. The van der Waals surface area contributed by atoms with Gasteiger partial charge < -0.3 is 35.2 Å². The fourth-order valence-electron chi connectivity index (χ4n) is 2.45. The Morgan fingerprint density at radius 2 is 1.84 bits per heavy atom. The van der Waals surface area contributed by atoms with Gasteiger partial charge in [0.25, 0.3) is 0 Å². The largest absolute Gasteiger partial charge is 0.490 e. The van der Waals surface area contributed by atoms with Crippen LogP contribution in [0, 0.1) is 5.82 Å². The van der Waals surface area contributed by atoms with Crippen molar-refractivity contribution in [3.63, 3.8) is 0 Å². The van der Waals surface area contributed by atoms with E-state index in [0.29, 0.717) is 10.8 Å². The maximum absolute atomic E-state index is 15.0. The number of nitrogen functional groups attached to an aromatic ring is 1. The number of aromatic nitrogens is 2. The topological polar surface area (TPSA) is 250 Å². The van der Waals surface area contributed by atoms with E-state index in [1.165, 1.54) is 0 Å². The Kier molecular flexibility index (Phi) is 7.30. The predicted molar refractivity (Wildman–Crippen MR) is 92.1 cm³/mol. The number of nitrogens with two attached hydrogens (primary N) is 1. The van der Waals surface area contributed by atoms with Crippen LogP contribution in [0.25, 0.3) is 0 Å². The van der Waals surface area contributed by atoms with Crippen molar-refractivity contribution < 1.29 is 65.0 Å². The standard InChI is InChI=1S/C10H16F2N3O13P3/c1-10(12)6(16)5(26-8(10)15-2-4(11)7(13)14-9(15)17)3-25-30(21,22)28-31(23,24)27-29(18,19)20/h2,5-6,8,16H,3H2,1H3,(H,21,22)(H,23,24)(H2,13,14,17)(H2,18,19,20)/t5-,6?,8-,10-/m1/s1. The van der Waals surface area contributed by atoms with Gasteiger partial charge in [-0.2, -0.15) is 13.6 Å². The first kappa shape index (κ1) is 26.1. The Morgan fingerprint density at radius 3 is 2.39 bits per heavy atom. The van der Waals surface area contributed by atoms with E-state index in [-0.39, 0.29) is 0 Å². The van der Waals surface area contributed by atoms with Crippen molar-refractivity contribution in [1.82, 2.24) is 9.55 Å². The smallest absolute Gasteiger partial charge is 0.387 e. The molecule has 1 aliphatic heterocycles. The molecule has 7 N–H and O–H groups in total. The highest BCUT2D eigenvalue weighted by Gasteiger charge is 2.56. The van der Waals surface area contributed by atoms with E-state index >= 15 is 0 Å². The van der Waals surface area contributed by atoms with E-state index < -0.39 is 71.5 Å². The number of rotatable bonds is 8. The summed E-state index contributed by atoms with van der Waals surface area (Å²) in [5, 5.41) is 10.1. The third kappa shape index (κ3) is 6.44. The molecule has 21 heteroatoms. The molecule has 2 rings (SSSR count). The van der Waals surface area contributed by atoms with Crippen molar-refractivity contribution in [2.45, 2.75) is 31.0 Å². The molecule has 1 aliphatic rings. The number of nitrogens with zero attached hydrogens (tertiary/aromatic N) is 2. The van der Waals surface area contributed by atoms with Crippen LogP contribution in [0.5, 0.6) is 0 Å². The zero-order valence-corrected chi connectivity index (χ0v) is 17.8. The molecular weight excluding hydrogens is 501 g/mol. The lowest BCUT2D eigenvalue weighted by atomic mass is 9.98. The minimum atomic E-state index is -5.80. The number of aliphatic hydroxyl groups excluding tert-OH is 1. The lowest BCUT2D eigenvalue weighted by Crippen LogP contribution is -2.43. The third-order valence-corrected chi connectivity index (χ3v) is 7.52. The number of halogens is 2. The minimum Gasteiger partial charge on any atom is -0.387 e. The number of phosphoric ester groups is 1. The van der Waals surface area contributed by atoms with Crippen LogP contribution in [0.2, 0.25) is 0 Å². The molecule has 1 aromatic heterocycles. The van der Waals surface area contributed by atoms with Gasteiger partial charge in [0.15, 0.2) is 23.5 Å². The molecule has 31 heavy (non-hydrogen) atoms. The SMILES string of the molecule is C[C@@]1(F)C(O)[C@@H](COP(=O)(O)OP(=O)(O)OP(=O)(O)O)O[C@H]1n1cc(F)c(N)nc1=O. The first-order chi connectivity index (χ1) is 13.8. The lowest BCUT2D eigenvalue weighted by Gasteiger charge is -2.24. The van der Waals surface area contributed by atoms with E-state index in [1.54, 1.807) is 0 Å². The Hall–Kier alpha value is -1.13. The normalized spacial score (nSPS) is 30.6. The molecule has 1 saturated heterocycles. The molecule has 0 aromatic carbocycles. The minimum absolute atomic E-state index is 0.319. The first-order valence-corrected chi connectivity index (χ1v) is 12.2. The van der Waals surface area contributed by atoms with Crippen molar-refractivity contribution in [2.75, 3.05) is 12.3 Å². The fraction of sp³-hybridized carbons (Fsp3) is 0.600. The molecule has 0 saturated carbocycles. The van der Waals surface area contributed by atoms with Crippen molar-refractivity contribution in [3.05, 3.63) is 22.5 Å². The number of hydrogen-bond donors (Lipinski definition) is 6. The second kappa shape index (κ2) is 8.67. The van der Waals surface area contributed by atoms with Crippen molar-refractivity contribution in [3.8, 4) is 0 Å². The fourth-order valence-corrected chi connectivity index (χ4v) is 5.48. The van der Waals surface area contributed by atoms with Gasteiger partial charge >= 0.3 is 29.2 Å². The molecule has 16 nitrogen and oxygen atoms in total. The van der Waals surface area contributed by atoms with E-state index in [0.717, 1.165) is 6.92 Å². The molecule has 1 fully saturated rings. The molecule has 3 unspecified atom stereocenters. The summed E-state index contributed by atoms with van der Waals surface area (Å²) >= 11 is 0. The summed E-state index contributed by atoms with van der Waals surface area (Å²) in [4.78, 5) is 50.3. The maximum Gasteiger partial charge on any atom is 0.490 e. The molecular formula is C10H16F2N3O13P3. The van der Waals surface area contributed by atoms with Gasteiger partial charge in [-0.3, -0.25) is 9.09 Å². The number of phosphoric acid groups is 3. The average molecular weight is 517 g/mol. The van der Waals surface area contributed by atoms with Gasteiger partial charge in [-0.1, -0.05) is 0 Å². The molecule has 0 bridgehead atoms. The van der Waals surface area contributed by atoms with Crippen molar-refractivity contribution in [1.29, 1.82) is 0 Å². The number of aliphatic hydroxyl groups is 1. The molecule has 0 aliphatic carbocycles. The Balaban J connectivity index is 2.16. The van der Waals surface area contributed by atoms with Gasteiger partial charge in [-0.05, 0) is 6.92 Å². The van der Waals surface area contributed by atoms with Crippen LogP contribution >= 0.6 is 23.5 Å². The van der Waals surface area contributed by atoms with Gasteiger partial charge in [0, 0.05) is 0 Å². The number of hydrogen-bond acceptors (Lipinski definition) is 11. The quantitative estimate of drug-likeness (QED) is 0.233. The summed E-state index contributed by atoms with van der Waals surface area (Å²) in [6.45, 7) is -0.464. The Bertz CT molecular complexity index is 1040. The van der Waals surface area contributed by atoms with Crippen LogP contribution in [0.15, 0.2) is 11.0 Å². The molecule has 0 spiro atoms. The van der Waals surface area contributed by atoms with Crippen molar-refractivity contribution >= 4 is 29.3 Å². The summed E-state index contributed by atoms with van der Waals surface area (Å²) in [7, 11) is -17.0. The van der Waals surface area contributed by atoms with E-state index in [1.807, 2.05) is 0 Å². The molecule has 178 valence electrons. The van der Waals surface area contributed by atoms with Gasteiger partial charge in [0.1, 0.15) is 12.2 Å². The molecule has 2 heterocycles. The third-order valence-electron chi connectivity index (χ3n) is 3.72. The Morgan fingerprint density at radius 1 is 1.26 bits per heavy atom. The van der Waals surface area contributed by atoms with Crippen LogP contribution in [-0.2, 0) is 31.6 Å². The molecule has 0 amide bonds. The Labute approximate surface area is 170 Å². The van der Waals surface area contributed by atoms with Crippen molar-refractivity contribution in [2.24, 2.45) is 0 Å². The van der Waals surface area contributed by atoms with E-state index in [2.05, 4.69) is 18.1 Å². The van der Waals surface area contributed by atoms with Gasteiger partial charge in [-0.15, -0.1) is 0 Å².